The summed E-state index contributed by atoms with van der Waals surface area (Å²) in [6, 6.07) is 0. The lowest BCUT2D eigenvalue weighted by atomic mass is 9.96. The molecule has 0 aliphatic carbocycles. The minimum Gasteiger partial charge on any atom is -0.304 e. The van der Waals surface area contributed by atoms with Gasteiger partial charge in [0.05, 0.1) is 0 Å². The molecule has 0 bridgehead atoms. The molecule has 0 unspecified atom stereocenters. The Balaban J connectivity index is 1.87. The monoisotopic (exact) mass is 236 g/mol. The van der Waals surface area contributed by atoms with Gasteiger partial charge < -0.3 is 4.90 Å². The molecule has 4 heteroatoms. The van der Waals surface area contributed by atoms with Crippen molar-refractivity contribution in [3.63, 3.8) is 0 Å². The molecule has 0 saturated carbocycles. The molecule has 0 N–H and O–H groups in total. The van der Waals surface area contributed by atoms with Crippen LogP contribution in [-0.2, 0) is 9.59 Å². The fourth-order valence-corrected chi connectivity index (χ4v) is 2.55. The Morgan fingerprint density at radius 3 is 2.41 bits per heavy atom. The number of likely N-dealkylation sites (tertiary alicyclic amines) is 1. The van der Waals surface area contributed by atoms with Crippen LogP contribution in [0.4, 0.5) is 0 Å². The fourth-order valence-electron chi connectivity index (χ4n) is 2.55. The van der Waals surface area contributed by atoms with Crippen LogP contribution in [0.2, 0.25) is 0 Å². The fraction of sp³-hybridized carbons (Fsp3) is 0.692. The van der Waals surface area contributed by atoms with Crippen LogP contribution in [0, 0.1) is 5.92 Å². The quantitative estimate of drug-likeness (QED) is 0.687. The van der Waals surface area contributed by atoms with Gasteiger partial charge in [-0.05, 0) is 45.3 Å². The van der Waals surface area contributed by atoms with Crippen molar-refractivity contribution in [3.05, 3.63) is 11.6 Å². The second-order valence-corrected chi connectivity index (χ2v) is 4.96. The third-order valence-electron chi connectivity index (χ3n) is 3.78. The maximum atomic E-state index is 11.7. The van der Waals surface area contributed by atoms with Gasteiger partial charge in [-0.1, -0.05) is 6.92 Å². The Morgan fingerprint density at radius 2 is 1.94 bits per heavy atom. The zero-order valence-electron chi connectivity index (χ0n) is 10.6. The standard InChI is InChI=1S/C13H20N2O2/c1-3-14-6-4-11(5-7-14)9-15-12(16)8-10(2)13(15)17/h8,11H,3-7,9H2,1-2H3. The molecule has 0 atom stereocenters. The number of carbonyl (C=O) groups is 2. The molecular formula is C13H20N2O2. The van der Waals surface area contributed by atoms with Crippen molar-refractivity contribution >= 4 is 11.8 Å². The van der Waals surface area contributed by atoms with Crippen LogP contribution >= 0.6 is 0 Å². The van der Waals surface area contributed by atoms with E-state index in [1.807, 2.05) is 0 Å². The lowest BCUT2D eigenvalue weighted by molar-refractivity contribution is -0.138. The molecule has 0 radical (unpaired) electrons. The SMILES string of the molecule is CCN1CCC(CN2C(=O)C=C(C)C2=O)CC1. The van der Waals surface area contributed by atoms with Gasteiger partial charge in [-0.2, -0.15) is 0 Å². The summed E-state index contributed by atoms with van der Waals surface area (Å²) < 4.78 is 0. The molecule has 2 heterocycles. The van der Waals surface area contributed by atoms with Crippen molar-refractivity contribution in [1.82, 2.24) is 9.80 Å². The molecular weight excluding hydrogens is 216 g/mol. The molecule has 94 valence electrons. The average Bonchev–Trinajstić information content (AvgIpc) is 2.57. The van der Waals surface area contributed by atoms with Gasteiger partial charge >= 0.3 is 0 Å². The van der Waals surface area contributed by atoms with E-state index >= 15 is 0 Å². The van der Waals surface area contributed by atoms with E-state index in [1.54, 1.807) is 6.92 Å². The minimum atomic E-state index is -0.134. The second-order valence-electron chi connectivity index (χ2n) is 4.96. The van der Waals surface area contributed by atoms with E-state index in [-0.39, 0.29) is 11.8 Å². The molecule has 1 fully saturated rings. The van der Waals surface area contributed by atoms with Crippen molar-refractivity contribution in [2.45, 2.75) is 26.7 Å². The molecule has 0 aromatic rings. The van der Waals surface area contributed by atoms with Gasteiger partial charge in [0, 0.05) is 18.2 Å². The summed E-state index contributed by atoms with van der Waals surface area (Å²) in [5.41, 5.74) is 0.570. The van der Waals surface area contributed by atoms with Gasteiger partial charge in [0.2, 0.25) is 0 Å². The molecule has 4 nitrogen and oxygen atoms in total. The van der Waals surface area contributed by atoms with Crippen molar-refractivity contribution < 1.29 is 9.59 Å². The Labute approximate surface area is 102 Å². The summed E-state index contributed by atoms with van der Waals surface area (Å²) >= 11 is 0. The first kappa shape index (κ1) is 12.3. The number of imide groups is 1. The number of carbonyl (C=O) groups excluding carboxylic acids is 2. The maximum absolute atomic E-state index is 11.7. The predicted octanol–water partition coefficient (Wildman–Crippen LogP) is 1.03. The van der Waals surface area contributed by atoms with E-state index < -0.39 is 0 Å². The normalized spacial score (nSPS) is 23.4. The Hall–Kier alpha value is -1.16. The van der Waals surface area contributed by atoms with E-state index in [0.717, 1.165) is 32.5 Å². The van der Waals surface area contributed by atoms with E-state index in [4.69, 9.17) is 0 Å². The van der Waals surface area contributed by atoms with Crippen LogP contribution < -0.4 is 0 Å². The van der Waals surface area contributed by atoms with E-state index in [9.17, 15) is 9.59 Å². The van der Waals surface area contributed by atoms with E-state index in [2.05, 4.69) is 11.8 Å². The van der Waals surface area contributed by atoms with Gasteiger partial charge in [-0.25, -0.2) is 0 Å². The summed E-state index contributed by atoms with van der Waals surface area (Å²) in [7, 11) is 0. The molecule has 0 spiro atoms. The summed E-state index contributed by atoms with van der Waals surface area (Å²) in [6.07, 6.45) is 3.62. The third kappa shape index (κ3) is 2.57. The number of nitrogens with zero attached hydrogens (tertiary/aromatic N) is 2. The van der Waals surface area contributed by atoms with E-state index in [0.29, 0.717) is 18.0 Å². The van der Waals surface area contributed by atoms with Gasteiger partial charge in [-0.3, -0.25) is 14.5 Å². The molecule has 2 aliphatic rings. The first-order valence-electron chi connectivity index (χ1n) is 6.38. The van der Waals surface area contributed by atoms with Gasteiger partial charge in [0.1, 0.15) is 0 Å². The van der Waals surface area contributed by atoms with Crippen LogP contribution in [0.5, 0.6) is 0 Å². The summed E-state index contributed by atoms with van der Waals surface area (Å²) in [4.78, 5) is 27.2. The highest BCUT2D eigenvalue weighted by Gasteiger charge is 2.31. The number of hydrogen-bond acceptors (Lipinski definition) is 3. The van der Waals surface area contributed by atoms with Crippen molar-refractivity contribution in [3.8, 4) is 0 Å². The van der Waals surface area contributed by atoms with Crippen LogP contribution in [0.25, 0.3) is 0 Å². The highest BCUT2D eigenvalue weighted by atomic mass is 16.2. The lowest BCUT2D eigenvalue weighted by Gasteiger charge is -2.32. The Bertz CT molecular complexity index is 354. The van der Waals surface area contributed by atoms with Crippen LogP contribution in [0.1, 0.15) is 26.7 Å². The molecule has 17 heavy (non-hydrogen) atoms. The first-order chi connectivity index (χ1) is 8.11. The average molecular weight is 236 g/mol. The molecule has 2 amide bonds. The zero-order chi connectivity index (χ0) is 12.4. The van der Waals surface area contributed by atoms with E-state index in [1.165, 1.54) is 11.0 Å². The van der Waals surface area contributed by atoms with Crippen molar-refractivity contribution in [1.29, 1.82) is 0 Å². The Kier molecular flexibility index (Phi) is 3.62. The lowest BCUT2D eigenvalue weighted by Crippen LogP contribution is -2.41. The van der Waals surface area contributed by atoms with Crippen molar-refractivity contribution in [2.75, 3.05) is 26.2 Å². The molecule has 2 rings (SSSR count). The van der Waals surface area contributed by atoms with Crippen LogP contribution in [-0.4, -0.2) is 47.8 Å². The summed E-state index contributed by atoms with van der Waals surface area (Å²) in [6.45, 7) is 7.74. The van der Waals surface area contributed by atoms with Gasteiger partial charge in [0.25, 0.3) is 11.8 Å². The van der Waals surface area contributed by atoms with Crippen molar-refractivity contribution in [2.24, 2.45) is 5.92 Å². The van der Waals surface area contributed by atoms with Crippen LogP contribution in [0.3, 0.4) is 0 Å². The molecule has 0 aromatic heterocycles. The minimum absolute atomic E-state index is 0.104. The first-order valence-corrected chi connectivity index (χ1v) is 6.38. The molecule has 1 saturated heterocycles. The number of rotatable bonds is 3. The summed E-state index contributed by atoms with van der Waals surface area (Å²) in [5.74, 6) is 0.239. The second kappa shape index (κ2) is 5.00. The predicted molar refractivity (Wildman–Crippen MR) is 65.3 cm³/mol. The largest absolute Gasteiger partial charge is 0.304 e. The highest BCUT2D eigenvalue weighted by Crippen LogP contribution is 2.21. The number of hydrogen-bond donors (Lipinski definition) is 0. The Morgan fingerprint density at radius 1 is 1.29 bits per heavy atom. The van der Waals surface area contributed by atoms with Gasteiger partial charge in [-0.15, -0.1) is 0 Å². The van der Waals surface area contributed by atoms with Crippen LogP contribution in [0.15, 0.2) is 11.6 Å². The smallest absolute Gasteiger partial charge is 0.256 e. The summed E-state index contributed by atoms with van der Waals surface area (Å²) in [5, 5.41) is 0. The number of piperidine rings is 1. The number of amides is 2. The molecule has 2 aliphatic heterocycles. The van der Waals surface area contributed by atoms with Gasteiger partial charge in [0.15, 0.2) is 0 Å². The third-order valence-corrected chi connectivity index (χ3v) is 3.78. The molecule has 0 aromatic carbocycles. The highest BCUT2D eigenvalue weighted by molar-refractivity contribution is 6.15. The zero-order valence-corrected chi connectivity index (χ0v) is 10.6. The maximum Gasteiger partial charge on any atom is 0.256 e. The topological polar surface area (TPSA) is 40.6 Å².